The zero-order valence-electron chi connectivity index (χ0n) is 17.3. The number of nitrogen functional groups attached to an aromatic ring is 1. The van der Waals surface area contributed by atoms with Gasteiger partial charge in [-0.3, -0.25) is 5.43 Å². The summed E-state index contributed by atoms with van der Waals surface area (Å²) in [5.41, 5.74) is 13.4. The summed E-state index contributed by atoms with van der Waals surface area (Å²) < 4.78 is 5.36. The number of aromatic nitrogens is 2. The van der Waals surface area contributed by atoms with Gasteiger partial charge >= 0.3 is 0 Å². The first-order valence-electron chi connectivity index (χ1n) is 10.3. The van der Waals surface area contributed by atoms with Gasteiger partial charge in [0.25, 0.3) is 0 Å². The molecule has 0 radical (unpaired) electrons. The minimum Gasteiger partial charge on any atom is -0.497 e. The fourth-order valence-electron chi connectivity index (χ4n) is 3.66. The van der Waals surface area contributed by atoms with Crippen LogP contribution in [0.3, 0.4) is 0 Å². The maximum Gasteiger partial charge on any atom is 0.221 e. The molecule has 2 heterocycles. The lowest BCUT2D eigenvalue weighted by atomic mass is 10.00. The third-order valence-corrected chi connectivity index (χ3v) is 5.22. The van der Waals surface area contributed by atoms with Crippen molar-refractivity contribution in [1.82, 2.24) is 20.4 Å². The summed E-state index contributed by atoms with van der Waals surface area (Å²) in [6, 6.07) is 16.4. The molecule has 0 amide bonds. The van der Waals surface area contributed by atoms with Crippen molar-refractivity contribution in [2.24, 2.45) is 0 Å². The number of benzene rings is 2. The second-order valence-electron chi connectivity index (χ2n) is 7.33. The van der Waals surface area contributed by atoms with E-state index in [2.05, 4.69) is 50.0 Å². The number of methoxy groups -OCH3 is 1. The van der Waals surface area contributed by atoms with Crippen LogP contribution in [0, 0.1) is 0 Å². The molecule has 0 atom stereocenters. The molecule has 2 aromatic carbocycles. The summed E-state index contributed by atoms with van der Waals surface area (Å²) >= 11 is 0. The molecule has 1 saturated heterocycles. The van der Waals surface area contributed by atoms with Gasteiger partial charge in [0.2, 0.25) is 5.95 Å². The average Bonchev–Trinajstić information content (AvgIpc) is 3.30. The molecule has 0 aliphatic carbocycles. The summed E-state index contributed by atoms with van der Waals surface area (Å²) in [4.78, 5) is 8.68. The highest BCUT2D eigenvalue weighted by Crippen LogP contribution is 2.31. The predicted octanol–water partition coefficient (Wildman–Crippen LogP) is 3.41. The smallest absolute Gasteiger partial charge is 0.221 e. The molecule has 1 aliphatic heterocycles. The average molecular weight is 405 g/mol. The fourth-order valence-corrected chi connectivity index (χ4v) is 3.66. The van der Waals surface area contributed by atoms with Crippen molar-refractivity contribution in [3.05, 3.63) is 54.7 Å². The second-order valence-corrected chi connectivity index (χ2v) is 7.33. The number of hydrogen-bond donors (Lipinski definition) is 3. The fraction of sp³-hybridized carbons (Fsp3) is 0.304. The van der Waals surface area contributed by atoms with Crippen LogP contribution in [0.4, 0.5) is 11.8 Å². The molecule has 7 heteroatoms. The van der Waals surface area contributed by atoms with Gasteiger partial charge in [-0.05, 0) is 47.7 Å². The molecular weight excluding hydrogens is 376 g/mol. The van der Waals surface area contributed by atoms with Crippen LogP contribution in [0.25, 0.3) is 22.3 Å². The van der Waals surface area contributed by atoms with E-state index < -0.39 is 0 Å². The molecule has 3 aromatic rings. The second kappa shape index (κ2) is 9.56. The molecule has 0 unspecified atom stereocenters. The van der Waals surface area contributed by atoms with Gasteiger partial charge in [-0.1, -0.05) is 30.3 Å². The molecule has 7 nitrogen and oxygen atoms in total. The normalized spacial score (nSPS) is 14.0. The molecule has 30 heavy (non-hydrogen) atoms. The highest BCUT2D eigenvalue weighted by Gasteiger charge is 2.12. The summed E-state index contributed by atoms with van der Waals surface area (Å²) in [6.45, 7) is 4.01. The molecule has 1 aliphatic rings. The molecule has 1 fully saturated rings. The van der Waals surface area contributed by atoms with Crippen LogP contribution in [-0.2, 0) is 0 Å². The largest absolute Gasteiger partial charge is 0.497 e. The van der Waals surface area contributed by atoms with Crippen LogP contribution in [0.2, 0.25) is 0 Å². The van der Waals surface area contributed by atoms with E-state index in [9.17, 15) is 0 Å². The first-order valence-corrected chi connectivity index (χ1v) is 10.3. The van der Waals surface area contributed by atoms with Gasteiger partial charge in [-0.15, -0.1) is 0 Å². The quantitative estimate of drug-likeness (QED) is 0.496. The van der Waals surface area contributed by atoms with Gasteiger partial charge in [0.05, 0.1) is 7.11 Å². The number of hydrogen-bond acceptors (Lipinski definition) is 7. The summed E-state index contributed by atoms with van der Waals surface area (Å²) in [6.07, 6.45) is 4.02. The van der Waals surface area contributed by atoms with Crippen LogP contribution in [0.1, 0.15) is 12.8 Å². The zero-order valence-corrected chi connectivity index (χ0v) is 17.3. The summed E-state index contributed by atoms with van der Waals surface area (Å²) in [5, 5.41) is 5.72. The van der Waals surface area contributed by atoms with Crippen molar-refractivity contribution in [1.29, 1.82) is 0 Å². The Bertz CT molecular complexity index is 987. The third kappa shape index (κ3) is 4.87. The third-order valence-electron chi connectivity index (χ3n) is 5.22. The lowest BCUT2D eigenvalue weighted by Crippen LogP contribution is -2.32. The Morgan fingerprint density at radius 3 is 2.73 bits per heavy atom. The van der Waals surface area contributed by atoms with E-state index in [1.807, 2.05) is 24.3 Å². The molecule has 156 valence electrons. The first-order chi connectivity index (χ1) is 14.7. The highest BCUT2D eigenvalue weighted by atomic mass is 16.5. The van der Waals surface area contributed by atoms with E-state index in [4.69, 9.17) is 10.5 Å². The van der Waals surface area contributed by atoms with Crippen LogP contribution in [-0.4, -0.2) is 48.3 Å². The van der Waals surface area contributed by atoms with Crippen molar-refractivity contribution >= 4 is 11.8 Å². The molecule has 0 saturated carbocycles. The van der Waals surface area contributed by atoms with Crippen LogP contribution < -0.4 is 21.2 Å². The van der Waals surface area contributed by atoms with Crippen molar-refractivity contribution < 1.29 is 4.74 Å². The summed E-state index contributed by atoms with van der Waals surface area (Å²) in [7, 11) is 1.68. The van der Waals surface area contributed by atoms with Crippen molar-refractivity contribution in [2.75, 3.05) is 44.3 Å². The van der Waals surface area contributed by atoms with Crippen LogP contribution in [0.15, 0.2) is 54.7 Å². The SMILES string of the molecule is COc1cccc(-c2cccc(-c3cnc(N)nc3NCCCN3CCCN3)c2)c1. The van der Waals surface area contributed by atoms with Crippen molar-refractivity contribution in [3.63, 3.8) is 0 Å². The van der Waals surface area contributed by atoms with E-state index in [0.717, 1.165) is 66.4 Å². The minimum atomic E-state index is 0.270. The molecule has 0 spiro atoms. The van der Waals surface area contributed by atoms with Gasteiger partial charge in [-0.25, -0.2) is 9.99 Å². The number of anilines is 2. The lowest BCUT2D eigenvalue weighted by Gasteiger charge is -2.16. The number of ether oxygens (including phenoxy) is 1. The van der Waals surface area contributed by atoms with E-state index in [1.54, 1.807) is 13.3 Å². The van der Waals surface area contributed by atoms with Crippen molar-refractivity contribution in [3.8, 4) is 28.0 Å². The van der Waals surface area contributed by atoms with Gasteiger partial charge in [0.1, 0.15) is 11.6 Å². The molecular formula is C23H28N6O. The Hall–Kier alpha value is -3.16. The summed E-state index contributed by atoms with van der Waals surface area (Å²) in [5.74, 6) is 1.87. The Kier molecular flexibility index (Phi) is 6.41. The Labute approximate surface area is 177 Å². The Morgan fingerprint density at radius 2 is 1.93 bits per heavy atom. The van der Waals surface area contributed by atoms with Crippen LogP contribution in [0.5, 0.6) is 5.75 Å². The van der Waals surface area contributed by atoms with E-state index in [0.29, 0.717) is 0 Å². The van der Waals surface area contributed by atoms with Gasteiger partial charge in [0, 0.05) is 37.9 Å². The number of nitrogens with zero attached hydrogens (tertiary/aromatic N) is 3. The van der Waals surface area contributed by atoms with E-state index in [-0.39, 0.29) is 5.95 Å². The minimum absolute atomic E-state index is 0.270. The monoisotopic (exact) mass is 404 g/mol. The van der Waals surface area contributed by atoms with Gasteiger partial charge in [0.15, 0.2) is 0 Å². The molecule has 1 aromatic heterocycles. The molecule has 4 rings (SSSR count). The maximum absolute atomic E-state index is 5.87. The Balaban J connectivity index is 1.53. The number of nitrogens with one attached hydrogen (secondary N) is 2. The van der Waals surface area contributed by atoms with E-state index >= 15 is 0 Å². The Morgan fingerprint density at radius 1 is 1.13 bits per heavy atom. The standard InChI is InChI=1S/C23H28N6O/c1-30-20-9-3-7-18(15-20)17-6-2-8-19(14-17)21-16-26-23(24)28-22(21)25-10-4-12-29-13-5-11-27-29/h2-3,6-9,14-16,27H,4-5,10-13H2,1H3,(H3,24,25,26,28). The number of hydrazine groups is 1. The highest BCUT2D eigenvalue weighted by molar-refractivity contribution is 5.79. The van der Waals surface area contributed by atoms with Gasteiger partial charge < -0.3 is 15.8 Å². The number of nitrogens with two attached hydrogens (primary N) is 1. The van der Waals surface area contributed by atoms with Crippen LogP contribution >= 0.6 is 0 Å². The number of rotatable bonds is 8. The lowest BCUT2D eigenvalue weighted by molar-refractivity contribution is 0.253. The van der Waals surface area contributed by atoms with Crippen molar-refractivity contribution in [2.45, 2.75) is 12.8 Å². The molecule has 4 N–H and O–H groups in total. The predicted molar refractivity (Wildman–Crippen MR) is 121 cm³/mol. The maximum atomic E-state index is 5.87. The van der Waals surface area contributed by atoms with Gasteiger partial charge in [-0.2, -0.15) is 4.98 Å². The topological polar surface area (TPSA) is 88.3 Å². The first kappa shape index (κ1) is 20.1. The zero-order chi connectivity index (χ0) is 20.8. The molecule has 0 bridgehead atoms. The van der Waals surface area contributed by atoms with E-state index in [1.165, 1.54) is 6.42 Å².